The zero-order valence-electron chi connectivity index (χ0n) is 19.1. The number of hydrogen-bond donors (Lipinski definition) is 2. The van der Waals surface area contributed by atoms with E-state index < -0.39 is 0 Å². The Morgan fingerprint density at radius 3 is 2.91 bits per heavy atom. The molecule has 0 bridgehead atoms. The summed E-state index contributed by atoms with van der Waals surface area (Å²) in [5, 5.41) is 11.1. The van der Waals surface area contributed by atoms with Crippen molar-refractivity contribution in [1.82, 2.24) is 20.4 Å². The summed E-state index contributed by atoms with van der Waals surface area (Å²) in [5.41, 5.74) is 2.99. The van der Waals surface area contributed by atoms with Crippen molar-refractivity contribution in [2.75, 3.05) is 31.1 Å². The van der Waals surface area contributed by atoms with Crippen LogP contribution in [0, 0.1) is 0 Å². The summed E-state index contributed by atoms with van der Waals surface area (Å²) in [7, 11) is 0. The van der Waals surface area contributed by atoms with Gasteiger partial charge in [-0.2, -0.15) is 5.10 Å². The van der Waals surface area contributed by atoms with Crippen molar-refractivity contribution in [2.45, 2.75) is 26.3 Å². The van der Waals surface area contributed by atoms with Gasteiger partial charge in [0.1, 0.15) is 5.75 Å². The molecule has 1 atom stereocenters. The fourth-order valence-corrected chi connectivity index (χ4v) is 3.79. The molecule has 0 saturated heterocycles. The molecule has 2 heterocycles. The topological polar surface area (TPSA) is 83.8 Å². The molecule has 0 fully saturated rings. The lowest BCUT2D eigenvalue weighted by Gasteiger charge is -2.29. The summed E-state index contributed by atoms with van der Waals surface area (Å²) in [6, 6.07) is 17.9. The van der Waals surface area contributed by atoms with Gasteiger partial charge >= 0.3 is 0 Å². The molecule has 4 rings (SSSR count). The Kier molecular flexibility index (Phi) is 7.24. The van der Waals surface area contributed by atoms with Crippen molar-refractivity contribution < 1.29 is 9.53 Å². The summed E-state index contributed by atoms with van der Waals surface area (Å²) in [6.45, 7) is 6.20. The number of anilines is 1. The molecule has 8 heteroatoms. The summed E-state index contributed by atoms with van der Waals surface area (Å²) in [6.07, 6.45) is 4.45. The molecular formula is C25H30N6O2. The molecule has 1 aliphatic rings. The first-order valence-electron chi connectivity index (χ1n) is 11.3. The molecule has 2 aromatic carbocycles. The summed E-state index contributed by atoms with van der Waals surface area (Å²) in [5.74, 6) is 1.48. The van der Waals surface area contributed by atoms with Gasteiger partial charge < -0.3 is 20.3 Å². The number of guanidine groups is 1. The largest absolute Gasteiger partial charge is 0.482 e. The van der Waals surface area contributed by atoms with Crippen LogP contribution in [0.2, 0.25) is 0 Å². The van der Waals surface area contributed by atoms with Gasteiger partial charge in [0.2, 0.25) is 0 Å². The Bertz CT molecular complexity index is 1100. The highest BCUT2D eigenvalue weighted by molar-refractivity contribution is 5.97. The van der Waals surface area contributed by atoms with E-state index in [1.54, 1.807) is 11.1 Å². The van der Waals surface area contributed by atoms with Crippen LogP contribution in [0.25, 0.3) is 5.69 Å². The molecule has 1 unspecified atom stereocenters. The van der Waals surface area contributed by atoms with Crippen molar-refractivity contribution in [3.63, 3.8) is 0 Å². The number of benzene rings is 2. The molecule has 172 valence electrons. The second-order valence-electron chi connectivity index (χ2n) is 7.83. The van der Waals surface area contributed by atoms with E-state index >= 15 is 0 Å². The number of hydrogen-bond acceptors (Lipinski definition) is 4. The third-order valence-corrected chi connectivity index (χ3v) is 5.45. The lowest BCUT2D eigenvalue weighted by Crippen LogP contribution is -2.40. The van der Waals surface area contributed by atoms with Gasteiger partial charge in [-0.05, 0) is 56.2 Å². The van der Waals surface area contributed by atoms with Crippen LogP contribution in [0.3, 0.4) is 0 Å². The Labute approximate surface area is 194 Å². The van der Waals surface area contributed by atoms with Crippen LogP contribution in [0.15, 0.2) is 72.0 Å². The number of nitrogens with zero attached hydrogens (tertiary/aromatic N) is 4. The van der Waals surface area contributed by atoms with Crippen molar-refractivity contribution in [1.29, 1.82) is 0 Å². The molecule has 1 amide bonds. The maximum Gasteiger partial charge on any atom is 0.265 e. The van der Waals surface area contributed by atoms with Crippen molar-refractivity contribution in [3.05, 3.63) is 72.6 Å². The van der Waals surface area contributed by atoms with E-state index in [-0.39, 0.29) is 18.6 Å². The van der Waals surface area contributed by atoms with Crippen LogP contribution in [0.4, 0.5) is 5.69 Å². The molecular weight excluding hydrogens is 416 g/mol. The molecule has 0 radical (unpaired) electrons. The van der Waals surface area contributed by atoms with Gasteiger partial charge in [0.15, 0.2) is 12.6 Å². The lowest BCUT2D eigenvalue weighted by atomic mass is 10.1. The highest BCUT2D eigenvalue weighted by Crippen LogP contribution is 2.31. The molecule has 3 aromatic rings. The van der Waals surface area contributed by atoms with Crippen LogP contribution >= 0.6 is 0 Å². The van der Waals surface area contributed by atoms with Gasteiger partial charge in [-0.15, -0.1) is 0 Å². The first-order chi connectivity index (χ1) is 16.2. The predicted octanol–water partition coefficient (Wildman–Crippen LogP) is 3.30. The fraction of sp³-hybridized carbons (Fsp3) is 0.320. The number of para-hydroxylation sites is 2. The van der Waals surface area contributed by atoms with E-state index in [2.05, 4.69) is 34.8 Å². The Balaban J connectivity index is 1.36. The van der Waals surface area contributed by atoms with E-state index in [0.717, 1.165) is 41.6 Å². The summed E-state index contributed by atoms with van der Waals surface area (Å²) in [4.78, 5) is 18.9. The van der Waals surface area contributed by atoms with Gasteiger partial charge in [-0.1, -0.05) is 24.3 Å². The fourth-order valence-electron chi connectivity index (χ4n) is 3.79. The van der Waals surface area contributed by atoms with Crippen LogP contribution < -0.4 is 20.3 Å². The third kappa shape index (κ3) is 5.52. The van der Waals surface area contributed by atoms with Gasteiger partial charge in [0, 0.05) is 32.0 Å². The van der Waals surface area contributed by atoms with Gasteiger partial charge in [-0.3, -0.25) is 9.79 Å². The minimum atomic E-state index is -0.0200. The smallest absolute Gasteiger partial charge is 0.265 e. The molecule has 8 nitrogen and oxygen atoms in total. The van der Waals surface area contributed by atoms with E-state index in [1.165, 1.54) is 0 Å². The maximum absolute atomic E-state index is 12.3. The Morgan fingerprint density at radius 2 is 2.09 bits per heavy atom. The minimum absolute atomic E-state index is 0.0200. The van der Waals surface area contributed by atoms with Crippen LogP contribution in [0.1, 0.15) is 31.9 Å². The van der Waals surface area contributed by atoms with Gasteiger partial charge in [-0.25, -0.2) is 4.68 Å². The quantitative estimate of drug-likeness (QED) is 0.315. The molecule has 2 N–H and O–H groups in total. The number of aliphatic imine (C=N–C) groups is 1. The first-order valence-corrected chi connectivity index (χ1v) is 11.3. The third-order valence-electron chi connectivity index (χ3n) is 5.45. The van der Waals surface area contributed by atoms with Crippen molar-refractivity contribution >= 4 is 17.6 Å². The van der Waals surface area contributed by atoms with E-state index in [1.807, 2.05) is 60.3 Å². The number of aromatic nitrogens is 2. The second-order valence-corrected chi connectivity index (χ2v) is 7.83. The number of nitrogens with one attached hydrogen (secondary N) is 2. The average molecular weight is 447 g/mol. The molecule has 0 saturated carbocycles. The normalized spacial score (nSPS) is 14.4. The molecule has 0 aliphatic carbocycles. The van der Waals surface area contributed by atoms with Gasteiger partial charge in [0.25, 0.3) is 5.91 Å². The number of ether oxygens (including phenoxy) is 1. The molecule has 33 heavy (non-hydrogen) atoms. The molecule has 1 aliphatic heterocycles. The zero-order valence-corrected chi connectivity index (χ0v) is 19.1. The second kappa shape index (κ2) is 10.7. The summed E-state index contributed by atoms with van der Waals surface area (Å²) >= 11 is 0. The lowest BCUT2D eigenvalue weighted by molar-refractivity contribution is -0.121. The van der Waals surface area contributed by atoms with E-state index in [4.69, 9.17) is 9.73 Å². The Morgan fingerprint density at radius 1 is 1.21 bits per heavy atom. The first kappa shape index (κ1) is 22.4. The van der Waals surface area contributed by atoms with Gasteiger partial charge in [0.05, 0.1) is 17.4 Å². The minimum Gasteiger partial charge on any atom is -0.482 e. The van der Waals surface area contributed by atoms with Crippen molar-refractivity contribution in [2.24, 2.45) is 4.99 Å². The average Bonchev–Trinajstić information content (AvgIpc) is 3.38. The van der Waals surface area contributed by atoms with Crippen molar-refractivity contribution in [3.8, 4) is 11.4 Å². The van der Waals surface area contributed by atoms with E-state index in [0.29, 0.717) is 13.1 Å². The Hall–Kier alpha value is -3.81. The highest BCUT2D eigenvalue weighted by Gasteiger charge is 2.24. The van der Waals surface area contributed by atoms with E-state index in [9.17, 15) is 4.79 Å². The zero-order chi connectivity index (χ0) is 23.0. The summed E-state index contributed by atoms with van der Waals surface area (Å²) < 4.78 is 7.36. The number of carbonyl (C=O) groups excluding carboxylic acids is 1. The van der Waals surface area contributed by atoms with Crippen LogP contribution in [-0.2, 0) is 4.79 Å². The monoisotopic (exact) mass is 446 g/mol. The maximum atomic E-state index is 12.3. The molecule has 1 aromatic heterocycles. The number of fused-ring (bicyclic) bond motifs is 1. The number of carbonyl (C=O) groups is 1. The van der Waals surface area contributed by atoms with Crippen LogP contribution in [-0.4, -0.2) is 47.9 Å². The highest BCUT2D eigenvalue weighted by atomic mass is 16.5. The van der Waals surface area contributed by atoms with Crippen LogP contribution in [0.5, 0.6) is 5.75 Å². The standard InChI is InChI=1S/C25H30N6O2/c1-3-26-25(29-19(2)20-9-6-10-21(17-20)31-16-8-14-28-31)27-13-7-15-30-22-11-4-5-12-23(22)33-18-24(30)32/h4-6,8-12,14,16-17,19H,3,7,13,15,18H2,1-2H3,(H2,26,27,29). The number of rotatable bonds is 8. The molecule has 0 spiro atoms. The number of amides is 1. The predicted molar refractivity (Wildman–Crippen MR) is 130 cm³/mol. The SMILES string of the molecule is CCNC(=NCCCN1C(=O)COc2ccccc21)NC(C)c1cccc(-n2cccn2)c1.